The summed E-state index contributed by atoms with van der Waals surface area (Å²) in [6, 6.07) is 16.1. The molecule has 0 aliphatic rings. The number of nitrogens with zero attached hydrogens (tertiary/aromatic N) is 3. The summed E-state index contributed by atoms with van der Waals surface area (Å²) in [5.41, 5.74) is 2.03. The van der Waals surface area contributed by atoms with Crippen LogP contribution in [0.1, 0.15) is 36.7 Å². The lowest BCUT2D eigenvalue weighted by Crippen LogP contribution is -2.22. The molecule has 180 valence electrons. The molecular formula is C26H21BrCl3N3O2. The first-order valence-corrected chi connectivity index (χ1v) is 12.9. The highest BCUT2D eigenvalue weighted by atomic mass is 79.9. The van der Waals surface area contributed by atoms with Crippen LogP contribution < -0.4 is 10.3 Å². The Kier molecular flexibility index (Phi) is 8.50. The number of fused-ring (bicyclic) bond motifs is 1. The fourth-order valence-electron chi connectivity index (χ4n) is 3.44. The summed E-state index contributed by atoms with van der Waals surface area (Å²) >= 11 is 21.9. The largest absolute Gasteiger partial charge is 0.487 e. The second-order valence-electron chi connectivity index (χ2n) is 7.88. The molecule has 1 heterocycles. The average molecular weight is 594 g/mol. The van der Waals surface area contributed by atoms with Gasteiger partial charge >= 0.3 is 0 Å². The van der Waals surface area contributed by atoms with Crippen molar-refractivity contribution in [2.24, 2.45) is 5.10 Å². The zero-order valence-corrected chi connectivity index (χ0v) is 22.6. The lowest BCUT2D eigenvalue weighted by atomic mass is 10.2. The fraction of sp³-hybridized carbons (Fsp3) is 0.192. The van der Waals surface area contributed by atoms with Crippen molar-refractivity contribution >= 4 is 67.9 Å². The van der Waals surface area contributed by atoms with Crippen molar-refractivity contribution in [3.63, 3.8) is 0 Å². The minimum absolute atomic E-state index is 0.216. The van der Waals surface area contributed by atoms with Crippen LogP contribution in [0.15, 0.2) is 69.0 Å². The number of aryl methyl sites for hydroxylation is 1. The Labute approximate surface area is 226 Å². The minimum Gasteiger partial charge on any atom is -0.487 e. The third kappa shape index (κ3) is 6.25. The quantitative estimate of drug-likeness (QED) is 0.195. The summed E-state index contributed by atoms with van der Waals surface area (Å²) < 4.78 is 8.01. The van der Waals surface area contributed by atoms with Crippen LogP contribution in [0.2, 0.25) is 15.1 Å². The zero-order chi connectivity index (χ0) is 24.9. The predicted molar refractivity (Wildman–Crippen MR) is 148 cm³/mol. The van der Waals surface area contributed by atoms with Crippen molar-refractivity contribution in [2.45, 2.75) is 32.8 Å². The summed E-state index contributed by atoms with van der Waals surface area (Å²) in [4.78, 5) is 17.9. The Morgan fingerprint density at radius 1 is 1.03 bits per heavy atom. The zero-order valence-electron chi connectivity index (χ0n) is 18.8. The molecule has 0 aliphatic heterocycles. The van der Waals surface area contributed by atoms with Crippen LogP contribution >= 0.6 is 50.7 Å². The van der Waals surface area contributed by atoms with Gasteiger partial charge in [-0.25, -0.2) is 4.98 Å². The Morgan fingerprint density at radius 2 is 1.86 bits per heavy atom. The Hall–Kier alpha value is -2.38. The molecule has 5 nitrogen and oxygen atoms in total. The standard InChI is InChI=1S/C26H21BrCl3N3O2/c1-2-3-4-25-32-23-9-7-18(27)13-19(23)26(34)33(25)31-14-16-6-10-24(22(30)11-16)35-15-17-5-8-20(28)21(29)12-17/h5-14H,2-4,15H2,1H3. The van der Waals surface area contributed by atoms with Gasteiger partial charge in [0.1, 0.15) is 18.2 Å². The highest BCUT2D eigenvalue weighted by Crippen LogP contribution is 2.27. The molecule has 0 unspecified atom stereocenters. The van der Waals surface area contributed by atoms with Gasteiger partial charge in [0, 0.05) is 10.9 Å². The van der Waals surface area contributed by atoms with Crippen molar-refractivity contribution in [1.82, 2.24) is 9.66 Å². The number of unbranched alkanes of at least 4 members (excludes halogenated alkanes) is 1. The van der Waals surface area contributed by atoms with Crippen LogP contribution in [0.3, 0.4) is 0 Å². The topological polar surface area (TPSA) is 56.5 Å². The molecule has 0 atom stereocenters. The van der Waals surface area contributed by atoms with E-state index in [0.717, 1.165) is 28.4 Å². The number of hydrogen-bond acceptors (Lipinski definition) is 4. The van der Waals surface area contributed by atoms with Crippen molar-refractivity contribution in [2.75, 3.05) is 0 Å². The minimum atomic E-state index is -0.216. The molecule has 1 aromatic heterocycles. The van der Waals surface area contributed by atoms with E-state index in [1.165, 1.54) is 4.68 Å². The Bertz CT molecular complexity index is 1470. The number of ether oxygens (including phenoxy) is 1. The number of rotatable bonds is 8. The van der Waals surface area contributed by atoms with Crippen molar-refractivity contribution in [3.8, 4) is 5.75 Å². The summed E-state index contributed by atoms with van der Waals surface area (Å²) in [5.74, 6) is 1.14. The molecule has 35 heavy (non-hydrogen) atoms. The van der Waals surface area contributed by atoms with Crippen LogP contribution in [0.5, 0.6) is 5.75 Å². The average Bonchev–Trinajstić information content (AvgIpc) is 2.84. The first kappa shape index (κ1) is 25.7. The molecule has 0 amide bonds. The summed E-state index contributed by atoms with van der Waals surface area (Å²) in [7, 11) is 0. The Balaban J connectivity index is 1.58. The van der Waals surface area contributed by atoms with Gasteiger partial charge in [0.2, 0.25) is 0 Å². The van der Waals surface area contributed by atoms with E-state index in [1.54, 1.807) is 36.5 Å². The number of hydrogen-bond donors (Lipinski definition) is 0. The van der Waals surface area contributed by atoms with Crippen LogP contribution in [-0.4, -0.2) is 15.9 Å². The summed E-state index contributed by atoms with van der Waals surface area (Å²) in [5, 5.41) is 6.35. The van der Waals surface area contributed by atoms with Crippen LogP contribution in [-0.2, 0) is 13.0 Å². The lowest BCUT2D eigenvalue weighted by Gasteiger charge is -2.10. The number of aromatic nitrogens is 2. The highest BCUT2D eigenvalue weighted by molar-refractivity contribution is 9.10. The molecule has 4 rings (SSSR count). The van der Waals surface area contributed by atoms with Crippen molar-refractivity contribution < 1.29 is 4.74 Å². The smallest absolute Gasteiger partial charge is 0.282 e. The normalized spacial score (nSPS) is 11.5. The van der Waals surface area contributed by atoms with Crippen LogP contribution in [0.4, 0.5) is 0 Å². The molecule has 0 saturated carbocycles. The molecule has 0 fully saturated rings. The molecule has 0 bridgehead atoms. The van der Waals surface area contributed by atoms with Gasteiger partial charge in [0.05, 0.1) is 32.2 Å². The monoisotopic (exact) mass is 591 g/mol. The lowest BCUT2D eigenvalue weighted by molar-refractivity contribution is 0.306. The maximum absolute atomic E-state index is 13.2. The molecule has 3 aromatic carbocycles. The number of halogens is 4. The second-order valence-corrected chi connectivity index (χ2v) is 10.0. The van der Waals surface area contributed by atoms with Gasteiger partial charge in [-0.15, -0.1) is 0 Å². The molecule has 9 heteroatoms. The first-order chi connectivity index (χ1) is 16.9. The van der Waals surface area contributed by atoms with E-state index in [2.05, 4.69) is 32.9 Å². The van der Waals surface area contributed by atoms with Crippen molar-refractivity contribution in [1.29, 1.82) is 0 Å². The van der Waals surface area contributed by atoms with Gasteiger partial charge in [0.25, 0.3) is 5.56 Å². The molecule has 4 aromatic rings. The van der Waals surface area contributed by atoms with E-state index in [4.69, 9.17) is 39.5 Å². The molecule has 0 spiro atoms. The second kappa shape index (κ2) is 11.6. The van der Waals surface area contributed by atoms with Crippen LogP contribution in [0.25, 0.3) is 10.9 Å². The Morgan fingerprint density at radius 3 is 2.60 bits per heavy atom. The third-order valence-corrected chi connectivity index (χ3v) is 6.81. The summed E-state index contributed by atoms with van der Waals surface area (Å²) in [6.07, 6.45) is 4.13. The van der Waals surface area contributed by atoms with E-state index in [1.807, 2.05) is 24.3 Å². The van der Waals surface area contributed by atoms with Gasteiger partial charge < -0.3 is 4.74 Å². The molecule has 0 saturated heterocycles. The first-order valence-electron chi connectivity index (χ1n) is 11.0. The van der Waals surface area contributed by atoms with E-state index < -0.39 is 0 Å². The maximum atomic E-state index is 13.2. The van der Waals surface area contributed by atoms with Gasteiger partial charge in [-0.1, -0.05) is 70.1 Å². The molecule has 0 radical (unpaired) electrons. The van der Waals surface area contributed by atoms with Gasteiger partial charge in [-0.05, 0) is 66.1 Å². The van der Waals surface area contributed by atoms with E-state index in [-0.39, 0.29) is 5.56 Å². The fourth-order valence-corrected chi connectivity index (χ4v) is 4.37. The van der Waals surface area contributed by atoms with Gasteiger partial charge in [0.15, 0.2) is 0 Å². The third-order valence-electron chi connectivity index (χ3n) is 5.29. The van der Waals surface area contributed by atoms with Gasteiger partial charge in [-0.2, -0.15) is 9.78 Å². The van der Waals surface area contributed by atoms with Crippen molar-refractivity contribution in [3.05, 3.63) is 101 Å². The van der Waals surface area contributed by atoms with E-state index in [9.17, 15) is 4.79 Å². The van der Waals surface area contributed by atoms with E-state index >= 15 is 0 Å². The van der Waals surface area contributed by atoms with Crippen LogP contribution in [0, 0.1) is 0 Å². The number of benzene rings is 3. The molecule has 0 N–H and O–H groups in total. The molecular weight excluding hydrogens is 573 g/mol. The maximum Gasteiger partial charge on any atom is 0.282 e. The highest BCUT2D eigenvalue weighted by Gasteiger charge is 2.11. The van der Waals surface area contributed by atoms with Gasteiger partial charge in [-0.3, -0.25) is 4.79 Å². The SMILES string of the molecule is CCCCc1nc2ccc(Br)cc2c(=O)n1N=Cc1ccc(OCc2ccc(Cl)c(Cl)c2)c(Cl)c1. The van der Waals surface area contributed by atoms with E-state index in [0.29, 0.717) is 50.6 Å². The molecule has 0 aliphatic carbocycles. The predicted octanol–water partition coefficient (Wildman–Crippen LogP) is 7.92. The summed E-state index contributed by atoms with van der Waals surface area (Å²) in [6.45, 7) is 2.38.